The van der Waals surface area contributed by atoms with E-state index in [4.69, 9.17) is 0 Å². The van der Waals surface area contributed by atoms with Gasteiger partial charge in [0.2, 0.25) is 5.91 Å². The van der Waals surface area contributed by atoms with Crippen molar-refractivity contribution in [1.29, 1.82) is 0 Å². The highest BCUT2D eigenvalue weighted by Gasteiger charge is 2.25. The molecule has 0 saturated heterocycles. The third kappa shape index (κ3) is 3.19. The SMILES string of the molecule is CC(C)(CNC(=O)C1=NNC(=O)C1)c1ccccc1. The minimum Gasteiger partial charge on any atom is -0.350 e. The molecule has 2 amide bonds. The molecule has 0 aromatic heterocycles. The number of rotatable bonds is 4. The first-order valence-electron chi connectivity index (χ1n) is 6.18. The molecular formula is C14H17N3O2. The summed E-state index contributed by atoms with van der Waals surface area (Å²) in [5.74, 6) is -0.533. The molecule has 0 fully saturated rings. The van der Waals surface area contributed by atoms with E-state index >= 15 is 0 Å². The summed E-state index contributed by atoms with van der Waals surface area (Å²) in [5.41, 5.74) is 3.49. The van der Waals surface area contributed by atoms with Gasteiger partial charge >= 0.3 is 0 Å². The van der Waals surface area contributed by atoms with Crippen molar-refractivity contribution in [3.8, 4) is 0 Å². The lowest BCUT2D eigenvalue weighted by molar-refractivity contribution is -0.120. The van der Waals surface area contributed by atoms with E-state index in [2.05, 4.69) is 29.7 Å². The van der Waals surface area contributed by atoms with Crippen LogP contribution in [0.15, 0.2) is 35.4 Å². The molecule has 0 spiro atoms. The predicted molar refractivity (Wildman–Crippen MR) is 72.7 cm³/mol. The van der Waals surface area contributed by atoms with Crippen LogP contribution < -0.4 is 10.7 Å². The van der Waals surface area contributed by atoms with Crippen molar-refractivity contribution in [3.63, 3.8) is 0 Å². The van der Waals surface area contributed by atoms with Crippen molar-refractivity contribution < 1.29 is 9.59 Å². The topological polar surface area (TPSA) is 70.6 Å². The number of hydrazone groups is 1. The lowest BCUT2D eigenvalue weighted by Gasteiger charge is -2.25. The second-order valence-corrected chi connectivity index (χ2v) is 5.20. The number of benzene rings is 1. The van der Waals surface area contributed by atoms with Crippen LogP contribution in [0.4, 0.5) is 0 Å². The molecule has 1 aliphatic heterocycles. The molecule has 0 saturated carbocycles. The van der Waals surface area contributed by atoms with Gasteiger partial charge in [0.1, 0.15) is 5.71 Å². The zero-order chi connectivity index (χ0) is 13.9. The zero-order valence-electron chi connectivity index (χ0n) is 11.1. The predicted octanol–water partition coefficient (Wildman–Crippen LogP) is 0.956. The first-order valence-corrected chi connectivity index (χ1v) is 6.18. The molecule has 1 aromatic rings. The second-order valence-electron chi connectivity index (χ2n) is 5.20. The fraction of sp³-hybridized carbons (Fsp3) is 0.357. The number of carbonyl (C=O) groups excluding carboxylic acids is 2. The van der Waals surface area contributed by atoms with Crippen molar-refractivity contribution >= 4 is 17.5 Å². The van der Waals surface area contributed by atoms with Crippen LogP contribution >= 0.6 is 0 Å². The van der Waals surface area contributed by atoms with E-state index in [0.717, 1.165) is 5.56 Å². The molecule has 2 rings (SSSR count). The summed E-state index contributed by atoms with van der Waals surface area (Å²) in [7, 11) is 0. The number of carbonyl (C=O) groups is 2. The van der Waals surface area contributed by atoms with Crippen LogP contribution in [0.2, 0.25) is 0 Å². The van der Waals surface area contributed by atoms with Gasteiger partial charge in [-0.15, -0.1) is 0 Å². The van der Waals surface area contributed by atoms with Crippen LogP contribution in [-0.4, -0.2) is 24.1 Å². The maximum absolute atomic E-state index is 11.8. The van der Waals surface area contributed by atoms with Crippen molar-refractivity contribution in [3.05, 3.63) is 35.9 Å². The summed E-state index contributed by atoms with van der Waals surface area (Å²) in [6.45, 7) is 4.61. The number of nitrogens with zero attached hydrogens (tertiary/aromatic N) is 1. The minimum atomic E-state index is -0.289. The van der Waals surface area contributed by atoms with Gasteiger partial charge in [0.05, 0.1) is 6.42 Å². The maximum Gasteiger partial charge on any atom is 0.268 e. The number of nitrogens with one attached hydrogen (secondary N) is 2. The highest BCUT2D eigenvalue weighted by Crippen LogP contribution is 2.21. The second kappa shape index (κ2) is 5.22. The smallest absolute Gasteiger partial charge is 0.268 e. The molecule has 100 valence electrons. The Balaban J connectivity index is 1.95. The average Bonchev–Trinajstić information content (AvgIpc) is 2.84. The fourth-order valence-electron chi connectivity index (χ4n) is 1.89. The lowest BCUT2D eigenvalue weighted by Crippen LogP contribution is -2.39. The van der Waals surface area contributed by atoms with Gasteiger partial charge in [-0.2, -0.15) is 5.10 Å². The molecular weight excluding hydrogens is 242 g/mol. The quantitative estimate of drug-likeness (QED) is 0.845. The molecule has 5 nitrogen and oxygen atoms in total. The number of hydrogen-bond acceptors (Lipinski definition) is 3. The summed E-state index contributed by atoms with van der Waals surface area (Å²) >= 11 is 0. The highest BCUT2D eigenvalue weighted by molar-refractivity contribution is 6.43. The Bertz CT molecular complexity index is 521. The van der Waals surface area contributed by atoms with Gasteiger partial charge in [0, 0.05) is 12.0 Å². The van der Waals surface area contributed by atoms with E-state index < -0.39 is 0 Å². The zero-order valence-corrected chi connectivity index (χ0v) is 11.1. The molecule has 0 bridgehead atoms. The van der Waals surface area contributed by atoms with E-state index in [1.165, 1.54) is 0 Å². The molecule has 0 atom stereocenters. The van der Waals surface area contributed by atoms with Gasteiger partial charge < -0.3 is 5.32 Å². The molecule has 2 N–H and O–H groups in total. The Morgan fingerprint density at radius 2 is 2.05 bits per heavy atom. The summed E-state index contributed by atoms with van der Waals surface area (Å²) in [5, 5.41) is 6.52. The van der Waals surface area contributed by atoms with Crippen molar-refractivity contribution in [2.45, 2.75) is 25.7 Å². The summed E-state index contributed by atoms with van der Waals surface area (Å²) in [6, 6.07) is 9.97. The normalized spacial score (nSPS) is 14.8. The van der Waals surface area contributed by atoms with E-state index in [-0.39, 0.29) is 29.4 Å². The van der Waals surface area contributed by atoms with Crippen LogP contribution in [0.3, 0.4) is 0 Å². The summed E-state index contributed by atoms with van der Waals surface area (Å²) in [4.78, 5) is 22.8. The molecule has 19 heavy (non-hydrogen) atoms. The third-order valence-corrected chi connectivity index (χ3v) is 3.15. The van der Waals surface area contributed by atoms with Gasteiger partial charge in [0.25, 0.3) is 5.91 Å². The van der Waals surface area contributed by atoms with E-state index in [1.807, 2.05) is 30.3 Å². The molecule has 1 aliphatic rings. The largest absolute Gasteiger partial charge is 0.350 e. The van der Waals surface area contributed by atoms with E-state index in [9.17, 15) is 9.59 Å². The molecule has 1 heterocycles. The van der Waals surface area contributed by atoms with E-state index in [1.54, 1.807) is 0 Å². The Morgan fingerprint density at radius 3 is 2.63 bits per heavy atom. The third-order valence-electron chi connectivity index (χ3n) is 3.15. The van der Waals surface area contributed by atoms with Gasteiger partial charge in [-0.25, -0.2) is 5.43 Å². The first-order chi connectivity index (χ1) is 8.99. The lowest BCUT2D eigenvalue weighted by atomic mass is 9.84. The molecule has 0 aliphatic carbocycles. The first kappa shape index (κ1) is 13.3. The van der Waals surface area contributed by atoms with Crippen LogP contribution in [0.1, 0.15) is 25.8 Å². The van der Waals surface area contributed by atoms with Crippen LogP contribution in [0.25, 0.3) is 0 Å². The van der Waals surface area contributed by atoms with Gasteiger partial charge in [-0.1, -0.05) is 44.2 Å². The number of hydrogen-bond donors (Lipinski definition) is 2. The van der Waals surface area contributed by atoms with Gasteiger partial charge in [-0.3, -0.25) is 9.59 Å². The van der Waals surface area contributed by atoms with Crippen LogP contribution in [0, 0.1) is 0 Å². The van der Waals surface area contributed by atoms with Crippen molar-refractivity contribution in [2.24, 2.45) is 5.10 Å². The molecule has 5 heteroatoms. The standard InChI is InChI=1S/C14H17N3O2/c1-14(2,10-6-4-3-5-7-10)9-15-13(19)11-8-12(18)17-16-11/h3-7H,8-9H2,1-2H3,(H,15,19)(H,17,18). The molecule has 1 aromatic carbocycles. The van der Waals surface area contributed by atoms with Crippen molar-refractivity contribution in [1.82, 2.24) is 10.7 Å². The molecule has 0 radical (unpaired) electrons. The Morgan fingerprint density at radius 1 is 1.37 bits per heavy atom. The maximum atomic E-state index is 11.8. The van der Waals surface area contributed by atoms with Gasteiger partial charge in [-0.05, 0) is 5.56 Å². The summed E-state index contributed by atoms with van der Waals surface area (Å²) in [6.07, 6.45) is 0.0532. The highest BCUT2D eigenvalue weighted by atomic mass is 16.2. The average molecular weight is 259 g/mol. The number of amides is 2. The van der Waals surface area contributed by atoms with Gasteiger partial charge in [0.15, 0.2) is 0 Å². The minimum absolute atomic E-state index is 0.0532. The molecule has 0 unspecified atom stereocenters. The van der Waals surface area contributed by atoms with Crippen LogP contribution in [-0.2, 0) is 15.0 Å². The fourth-order valence-corrected chi connectivity index (χ4v) is 1.89. The Hall–Kier alpha value is -2.17. The summed E-state index contributed by atoms with van der Waals surface area (Å²) < 4.78 is 0. The Labute approximate surface area is 112 Å². The van der Waals surface area contributed by atoms with Crippen LogP contribution in [0.5, 0.6) is 0 Å². The van der Waals surface area contributed by atoms with Crippen molar-refractivity contribution in [2.75, 3.05) is 6.54 Å². The van der Waals surface area contributed by atoms with E-state index in [0.29, 0.717) is 6.54 Å². The Kier molecular flexibility index (Phi) is 3.64. The monoisotopic (exact) mass is 259 g/mol.